The highest BCUT2D eigenvalue weighted by Gasteiger charge is 2.40. The first-order valence-corrected chi connectivity index (χ1v) is 8.43. The Morgan fingerprint density at radius 1 is 1.15 bits per heavy atom. The summed E-state index contributed by atoms with van der Waals surface area (Å²) in [6, 6.07) is 0.0304. The van der Waals surface area contributed by atoms with Gasteiger partial charge in [-0.05, 0) is 37.0 Å². The van der Waals surface area contributed by atoms with Crippen molar-refractivity contribution in [3.05, 3.63) is 0 Å². The molecule has 0 radical (unpaired) electrons. The van der Waals surface area contributed by atoms with Crippen LogP contribution in [0.15, 0.2) is 0 Å². The Balaban J connectivity index is 2.66. The number of carbonyl (C=O) groups excluding carboxylic acids is 1. The smallest absolute Gasteiger partial charge is 0.241 e. The van der Waals surface area contributed by atoms with Crippen molar-refractivity contribution < 1.29 is 4.79 Å². The lowest BCUT2D eigenvalue weighted by molar-refractivity contribution is -0.131. The molecule has 1 aliphatic rings. The Labute approximate surface area is 125 Å². The summed E-state index contributed by atoms with van der Waals surface area (Å²) in [6.07, 6.45) is 4.67. The van der Waals surface area contributed by atoms with Crippen LogP contribution in [0.25, 0.3) is 0 Å². The van der Waals surface area contributed by atoms with Gasteiger partial charge in [0.25, 0.3) is 0 Å². The fourth-order valence-corrected chi connectivity index (χ4v) is 2.92. The molecule has 0 aromatic rings. The summed E-state index contributed by atoms with van der Waals surface area (Å²) in [5.74, 6) is 2.08. The van der Waals surface area contributed by atoms with E-state index in [0.717, 1.165) is 31.7 Å². The van der Waals surface area contributed by atoms with Gasteiger partial charge < -0.3 is 4.90 Å². The highest BCUT2D eigenvalue weighted by Crippen LogP contribution is 2.23. The Morgan fingerprint density at radius 2 is 1.80 bits per heavy atom. The number of carbonyl (C=O) groups is 1. The van der Waals surface area contributed by atoms with Crippen LogP contribution in [0, 0.1) is 17.8 Å². The van der Waals surface area contributed by atoms with E-state index < -0.39 is 0 Å². The first-order chi connectivity index (χ1) is 9.36. The van der Waals surface area contributed by atoms with Gasteiger partial charge in [-0.25, -0.2) is 0 Å². The summed E-state index contributed by atoms with van der Waals surface area (Å²) >= 11 is 0. The predicted octanol–water partition coefficient (Wildman–Crippen LogP) is 3.64. The van der Waals surface area contributed by atoms with E-state index in [-0.39, 0.29) is 12.2 Å². The predicted molar refractivity (Wildman–Crippen MR) is 85.4 cm³/mol. The summed E-state index contributed by atoms with van der Waals surface area (Å²) < 4.78 is 0. The van der Waals surface area contributed by atoms with Crippen molar-refractivity contribution in [2.24, 2.45) is 17.8 Å². The molecule has 1 amide bonds. The number of amides is 1. The van der Waals surface area contributed by atoms with E-state index in [1.807, 2.05) is 0 Å². The summed E-state index contributed by atoms with van der Waals surface area (Å²) in [4.78, 5) is 14.7. The van der Waals surface area contributed by atoms with Crippen LogP contribution < -0.4 is 5.32 Å². The van der Waals surface area contributed by atoms with Crippen molar-refractivity contribution >= 4 is 5.91 Å². The molecule has 0 aromatic heterocycles. The van der Waals surface area contributed by atoms with Crippen LogP contribution in [0.2, 0.25) is 0 Å². The van der Waals surface area contributed by atoms with Crippen LogP contribution in [0.3, 0.4) is 0 Å². The van der Waals surface area contributed by atoms with Crippen LogP contribution >= 0.6 is 0 Å². The average Bonchev–Trinajstić information content (AvgIpc) is 2.65. The van der Waals surface area contributed by atoms with Gasteiger partial charge in [0.15, 0.2) is 0 Å². The SMILES string of the molecule is CCC(C)C1NC(CC(C)C)N(CCCC(C)C)C1=O. The van der Waals surface area contributed by atoms with Gasteiger partial charge in [-0.1, -0.05) is 48.0 Å². The molecule has 0 aromatic carbocycles. The maximum absolute atomic E-state index is 12.6. The van der Waals surface area contributed by atoms with E-state index in [9.17, 15) is 4.79 Å². The van der Waals surface area contributed by atoms with Crippen LogP contribution in [0.1, 0.15) is 67.2 Å². The molecule has 0 spiro atoms. The second-order valence-electron chi connectivity index (χ2n) is 7.24. The molecule has 1 aliphatic heterocycles. The summed E-state index contributed by atoms with van der Waals surface area (Å²) in [7, 11) is 0. The maximum atomic E-state index is 12.6. The number of rotatable bonds is 8. The molecule has 20 heavy (non-hydrogen) atoms. The van der Waals surface area contributed by atoms with Crippen LogP contribution in [0.4, 0.5) is 0 Å². The molecule has 0 aliphatic carbocycles. The van der Waals surface area contributed by atoms with E-state index in [0.29, 0.717) is 17.7 Å². The van der Waals surface area contributed by atoms with Crippen LogP contribution in [-0.4, -0.2) is 29.6 Å². The standard InChI is InChI=1S/C17H34N2O/c1-7-14(6)16-17(20)19(10-8-9-12(2)3)15(18-16)11-13(4)5/h12-16,18H,7-11H2,1-6H3. The topological polar surface area (TPSA) is 32.3 Å². The Hall–Kier alpha value is -0.570. The maximum Gasteiger partial charge on any atom is 0.241 e. The van der Waals surface area contributed by atoms with Gasteiger partial charge in [-0.2, -0.15) is 0 Å². The third kappa shape index (κ3) is 4.76. The zero-order valence-electron chi connectivity index (χ0n) is 14.3. The van der Waals surface area contributed by atoms with E-state index >= 15 is 0 Å². The molecular formula is C17H34N2O. The Morgan fingerprint density at radius 3 is 2.30 bits per heavy atom. The number of hydrogen-bond donors (Lipinski definition) is 1. The monoisotopic (exact) mass is 282 g/mol. The summed E-state index contributed by atoms with van der Waals surface area (Å²) in [6.45, 7) is 14.2. The lowest BCUT2D eigenvalue weighted by atomic mass is 9.99. The molecule has 3 unspecified atom stereocenters. The Bertz CT molecular complexity index is 301. The lowest BCUT2D eigenvalue weighted by Gasteiger charge is -2.25. The molecule has 0 saturated carbocycles. The van der Waals surface area contributed by atoms with Crippen LogP contribution in [-0.2, 0) is 4.79 Å². The third-order valence-corrected chi connectivity index (χ3v) is 4.39. The molecule has 3 atom stereocenters. The molecular weight excluding hydrogens is 248 g/mol. The first-order valence-electron chi connectivity index (χ1n) is 8.43. The van der Waals surface area contributed by atoms with Gasteiger partial charge >= 0.3 is 0 Å². The van der Waals surface area contributed by atoms with E-state index in [2.05, 4.69) is 51.8 Å². The second-order valence-corrected chi connectivity index (χ2v) is 7.24. The summed E-state index contributed by atoms with van der Waals surface area (Å²) in [5.41, 5.74) is 0. The van der Waals surface area contributed by atoms with Gasteiger partial charge in [0, 0.05) is 6.54 Å². The zero-order valence-corrected chi connectivity index (χ0v) is 14.3. The molecule has 1 rings (SSSR count). The van der Waals surface area contributed by atoms with Gasteiger partial charge in [-0.3, -0.25) is 10.1 Å². The van der Waals surface area contributed by atoms with E-state index in [4.69, 9.17) is 0 Å². The van der Waals surface area contributed by atoms with Gasteiger partial charge in [-0.15, -0.1) is 0 Å². The quantitative estimate of drug-likeness (QED) is 0.737. The normalized spacial score (nSPS) is 25.0. The minimum absolute atomic E-state index is 0.0304. The van der Waals surface area contributed by atoms with E-state index in [1.165, 1.54) is 6.42 Å². The van der Waals surface area contributed by atoms with Crippen molar-refractivity contribution in [3.63, 3.8) is 0 Å². The van der Waals surface area contributed by atoms with Crippen molar-refractivity contribution in [2.75, 3.05) is 6.54 Å². The first kappa shape index (κ1) is 17.5. The lowest BCUT2D eigenvalue weighted by Crippen LogP contribution is -2.39. The van der Waals surface area contributed by atoms with Crippen molar-refractivity contribution in [1.82, 2.24) is 10.2 Å². The molecule has 3 nitrogen and oxygen atoms in total. The molecule has 1 N–H and O–H groups in total. The molecule has 1 saturated heterocycles. The fourth-order valence-electron chi connectivity index (χ4n) is 2.92. The van der Waals surface area contributed by atoms with Crippen molar-refractivity contribution in [3.8, 4) is 0 Å². The number of nitrogens with one attached hydrogen (secondary N) is 1. The Kier molecular flexibility index (Phi) is 7.01. The largest absolute Gasteiger partial charge is 0.326 e. The number of nitrogens with zero attached hydrogens (tertiary/aromatic N) is 1. The molecule has 0 bridgehead atoms. The fraction of sp³-hybridized carbons (Fsp3) is 0.941. The van der Waals surface area contributed by atoms with E-state index in [1.54, 1.807) is 0 Å². The highest BCUT2D eigenvalue weighted by atomic mass is 16.2. The molecule has 1 heterocycles. The minimum atomic E-state index is 0.0304. The minimum Gasteiger partial charge on any atom is -0.326 e. The average molecular weight is 282 g/mol. The highest BCUT2D eigenvalue weighted by molar-refractivity contribution is 5.84. The van der Waals surface area contributed by atoms with Crippen molar-refractivity contribution in [2.45, 2.75) is 79.4 Å². The van der Waals surface area contributed by atoms with Gasteiger partial charge in [0.2, 0.25) is 5.91 Å². The molecule has 118 valence electrons. The zero-order chi connectivity index (χ0) is 15.3. The van der Waals surface area contributed by atoms with Crippen molar-refractivity contribution in [1.29, 1.82) is 0 Å². The second kappa shape index (κ2) is 8.02. The number of hydrogen-bond acceptors (Lipinski definition) is 2. The third-order valence-electron chi connectivity index (χ3n) is 4.39. The molecule has 1 fully saturated rings. The van der Waals surface area contributed by atoms with Crippen LogP contribution in [0.5, 0.6) is 0 Å². The van der Waals surface area contributed by atoms with Gasteiger partial charge in [0.05, 0.1) is 12.2 Å². The summed E-state index contributed by atoms with van der Waals surface area (Å²) in [5, 5.41) is 3.59. The molecule has 3 heteroatoms. The van der Waals surface area contributed by atoms with Gasteiger partial charge in [0.1, 0.15) is 0 Å².